The number of aliphatic carboxylic acids is 1. The minimum atomic E-state index is -5.08. The summed E-state index contributed by atoms with van der Waals surface area (Å²) in [6, 6.07) is 1.65. The van der Waals surface area contributed by atoms with E-state index in [0.717, 1.165) is 24.4 Å². The third kappa shape index (κ3) is 3.42. The van der Waals surface area contributed by atoms with Gasteiger partial charge in [-0.15, -0.1) is 0 Å². The number of aromatic nitrogens is 2. The Labute approximate surface area is 143 Å². The van der Waals surface area contributed by atoms with Crippen molar-refractivity contribution in [1.29, 1.82) is 0 Å². The minimum absolute atomic E-state index is 0.537. The van der Waals surface area contributed by atoms with Crippen molar-refractivity contribution in [2.45, 2.75) is 43.9 Å². The lowest BCUT2D eigenvalue weighted by molar-refractivity contribution is -0.192. The summed E-state index contributed by atoms with van der Waals surface area (Å²) in [4.78, 5) is 22.6. The average Bonchev–Trinajstić information content (AvgIpc) is 3.21. The second-order valence-corrected chi connectivity index (χ2v) is 7.02. The highest BCUT2D eigenvalue weighted by atomic mass is 19.4. The molecule has 0 radical (unpaired) electrons. The number of hydrogen-bond donors (Lipinski definition) is 1. The maximum Gasteiger partial charge on any atom is 0.490 e. The molecule has 3 aliphatic rings. The van der Waals surface area contributed by atoms with Gasteiger partial charge < -0.3 is 10.0 Å². The van der Waals surface area contributed by atoms with Crippen LogP contribution in [0.1, 0.15) is 25.7 Å². The summed E-state index contributed by atoms with van der Waals surface area (Å²) in [5.74, 6) is -1.70. The van der Waals surface area contributed by atoms with Crippen LogP contribution in [0.15, 0.2) is 18.6 Å². The summed E-state index contributed by atoms with van der Waals surface area (Å²) in [5, 5.41) is 7.12. The molecule has 2 bridgehead atoms. The lowest BCUT2D eigenvalue weighted by Crippen LogP contribution is -2.38. The summed E-state index contributed by atoms with van der Waals surface area (Å²) in [6.45, 7) is 2.33. The maximum absolute atomic E-state index is 10.6. The van der Waals surface area contributed by atoms with E-state index >= 15 is 0 Å². The molecule has 4 rings (SSSR count). The number of carboxylic acid groups (broad SMARTS) is 1. The molecule has 3 saturated heterocycles. The molecule has 3 aliphatic heterocycles. The fraction of sp³-hybridized carbons (Fsp3) is 0.688. The first-order valence-corrected chi connectivity index (χ1v) is 8.26. The zero-order valence-electron chi connectivity index (χ0n) is 13.9. The quantitative estimate of drug-likeness (QED) is 0.830. The zero-order valence-corrected chi connectivity index (χ0v) is 13.9. The fourth-order valence-electron chi connectivity index (χ4n) is 4.59. The van der Waals surface area contributed by atoms with Crippen molar-refractivity contribution in [2.24, 2.45) is 5.41 Å². The van der Waals surface area contributed by atoms with E-state index < -0.39 is 12.1 Å². The molecule has 1 N–H and O–H groups in total. The van der Waals surface area contributed by atoms with Crippen molar-refractivity contribution in [1.82, 2.24) is 14.9 Å². The molecule has 25 heavy (non-hydrogen) atoms. The van der Waals surface area contributed by atoms with Crippen LogP contribution in [0, 0.1) is 5.41 Å². The molecule has 138 valence electrons. The topological polar surface area (TPSA) is 69.6 Å². The monoisotopic (exact) mass is 358 g/mol. The molecule has 0 aromatic carbocycles. The van der Waals surface area contributed by atoms with Gasteiger partial charge in [0.15, 0.2) is 0 Å². The summed E-state index contributed by atoms with van der Waals surface area (Å²) in [7, 11) is 2.32. The highest BCUT2D eigenvalue weighted by molar-refractivity contribution is 5.73. The molecule has 3 unspecified atom stereocenters. The van der Waals surface area contributed by atoms with Crippen LogP contribution in [0.3, 0.4) is 0 Å². The van der Waals surface area contributed by atoms with Gasteiger partial charge >= 0.3 is 12.1 Å². The van der Waals surface area contributed by atoms with Gasteiger partial charge in [-0.25, -0.2) is 9.78 Å². The second kappa shape index (κ2) is 6.44. The van der Waals surface area contributed by atoms with Crippen LogP contribution < -0.4 is 4.90 Å². The normalized spacial score (nSPS) is 31.3. The third-order valence-electron chi connectivity index (χ3n) is 5.69. The van der Waals surface area contributed by atoms with Gasteiger partial charge in [-0.1, -0.05) is 0 Å². The van der Waals surface area contributed by atoms with Crippen LogP contribution in [0.4, 0.5) is 19.0 Å². The van der Waals surface area contributed by atoms with Crippen LogP contribution in [0.25, 0.3) is 0 Å². The summed E-state index contributed by atoms with van der Waals surface area (Å²) in [6.07, 6.45) is 5.90. The highest BCUT2D eigenvalue weighted by Crippen LogP contribution is 2.53. The molecule has 0 saturated carbocycles. The van der Waals surface area contributed by atoms with Crippen molar-refractivity contribution < 1.29 is 23.1 Å². The van der Waals surface area contributed by atoms with Crippen LogP contribution in [0.2, 0.25) is 0 Å². The van der Waals surface area contributed by atoms with Gasteiger partial charge in [0.2, 0.25) is 0 Å². The lowest BCUT2D eigenvalue weighted by atomic mass is 9.73. The van der Waals surface area contributed by atoms with Crippen molar-refractivity contribution in [3.8, 4) is 0 Å². The molecule has 1 aromatic rings. The average molecular weight is 358 g/mol. The lowest BCUT2D eigenvalue weighted by Gasteiger charge is -2.33. The maximum atomic E-state index is 10.6. The van der Waals surface area contributed by atoms with Crippen LogP contribution in [0.5, 0.6) is 0 Å². The van der Waals surface area contributed by atoms with Crippen molar-refractivity contribution in [3.63, 3.8) is 0 Å². The number of rotatable bonds is 1. The molecule has 0 amide bonds. The minimum Gasteiger partial charge on any atom is -0.475 e. The first-order valence-electron chi connectivity index (χ1n) is 8.26. The van der Waals surface area contributed by atoms with Crippen molar-refractivity contribution >= 4 is 11.8 Å². The molecular weight excluding hydrogens is 337 g/mol. The van der Waals surface area contributed by atoms with Crippen molar-refractivity contribution in [3.05, 3.63) is 18.6 Å². The number of hydrogen-bond acceptors (Lipinski definition) is 5. The number of carbonyl (C=O) groups is 1. The molecule has 3 atom stereocenters. The van der Waals surface area contributed by atoms with E-state index in [1.165, 1.54) is 32.2 Å². The van der Waals surface area contributed by atoms with Crippen LogP contribution >= 0.6 is 0 Å². The summed E-state index contributed by atoms with van der Waals surface area (Å²) >= 11 is 0. The third-order valence-corrected chi connectivity index (χ3v) is 5.69. The van der Waals surface area contributed by atoms with Gasteiger partial charge in [0.05, 0.1) is 6.20 Å². The molecule has 6 nitrogen and oxygen atoms in total. The molecule has 3 fully saturated rings. The number of halogens is 3. The largest absolute Gasteiger partial charge is 0.490 e. The van der Waals surface area contributed by atoms with Gasteiger partial charge in [0.25, 0.3) is 0 Å². The SMILES string of the molecule is CN1C2CCC1C1(CCN(c3cnccn3)C1)C2.O=C(O)C(F)(F)F. The molecular formula is C16H21F3N4O2. The number of nitrogens with zero attached hydrogens (tertiary/aromatic N) is 4. The summed E-state index contributed by atoms with van der Waals surface area (Å²) < 4.78 is 31.7. The predicted molar refractivity (Wildman–Crippen MR) is 84.2 cm³/mol. The van der Waals surface area contributed by atoms with Gasteiger partial charge in [0.1, 0.15) is 5.82 Å². The molecule has 1 spiro atoms. The Morgan fingerprint density at radius 2 is 2.08 bits per heavy atom. The Morgan fingerprint density at radius 3 is 2.56 bits per heavy atom. The first kappa shape index (κ1) is 17.9. The van der Waals surface area contributed by atoms with Crippen LogP contribution in [-0.4, -0.2) is 64.3 Å². The Balaban J connectivity index is 0.000000225. The number of anilines is 1. The van der Waals surface area contributed by atoms with E-state index in [-0.39, 0.29) is 0 Å². The molecule has 9 heteroatoms. The number of fused-ring (bicyclic) bond motifs is 3. The van der Waals surface area contributed by atoms with Crippen molar-refractivity contribution in [2.75, 3.05) is 25.0 Å². The Bertz CT molecular complexity index is 628. The molecule has 4 heterocycles. The van der Waals surface area contributed by atoms with Gasteiger partial charge in [-0.3, -0.25) is 9.88 Å². The Hall–Kier alpha value is -1.90. The fourth-order valence-corrected chi connectivity index (χ4v) is 4.59. The summed E-state index contributed by atoms with van der Waals surface area (Å²) in [5.41, 5.74) is 0.537. The van der Waals surface area contributed by atoms with Crippen LogP contribution in [-0.2, 0) is 4.79 Å². The molecule has 0 aliphatic carbocycles. The standard InChI is InChI=1S/C14H20N4.C2HF3O2/c1-17-11-2-3-12(17)14(8-11)4-7-18(10-14)13-9-15-5-6-16-13;3-2(4,5)1(6)7/h5-6,9,11-12H,2-4,7-8,10H2,1H3;(H,6,7). The molecule has 1 aromatic heterocycles. The number of alkyl halides is 3. The van der Waals surface area contributed by atoms with E-state index in [4.69, 9.17) is 9.90 Å². The van der Waals surface area contributed by atoms with Gasteiger partial charge in [-0.05, 0) is 32.7 Å². The first-order chi connectivity index (χ1) is 11.7. The van der Waals surface area contributed by atoms with E-state index in [9.17, 15) is 13.2 Å². The highest BCUT2D eigenvalue weighted by Gasteiger charge is 2.56. The van der Waals surface area contributed by atoms with Gasteiger partial charge in [0, 0.05) is 43.0 Å². The van der Waals surface area contributed by atoms with E-state index in [0.29, 0.717) is 5.41 Å². The van der Waals surface area contributed by atoms with E-state index in [1.54, 1.807) is 12.4 Å². The second-order valence-electron chi connectivity index (χ2n) is 7.02. The van der Waals surface area contributed by atoms with E-state index in [2.05, 4.69) is 26.8 Å². The smallest absolute Gasteiger partial charge is 0.475 e. The Kier molecular flexibility index (Phi) is 4.61. The van der Waals surface area contributed by atoms with Gasteiger partial charge in [-0.2, -0.15) is 13.2 Å². The number of carboxylic acids is 1. The Morgan fingerprint density at radius 1 is 1.36 bits per heavy atom. The van der Waals surface area contributed by atoms with E-state index in [1.807, 2.05) is 6.20 Å². The predicted octanol–water partition coefficient (Wildman–Crippen LogP) is 2.17. The zero-order chi connectivity index (χ0) is 18.2.